The molecule has 0 spiro atoms. The molecule has 0 aliphatic heterocycles. The third kappa shape index (κ3) is 8.51. The number of carbonyl (C=O) groups excluding carboxylic acids is 2. The summed E-state index contributed by atoms with van der Waals surface area (Å²) in [5.74, 6) is -1.74. The molecular weight excluding hydrogens is 572 g/mol. The number of carboxylic acids is 1. The van der Waals surface area contributed by atoms with Gasteiger partial charge in [0, 0.05) is 12.2 Å². The number of benzene rings is 4. The first-order chi connectivity index (χ1) is 21.1. The smallest absolute Gasteiger partial charge is 0.408 e. The van der Waals surface area contributed by atoms with Crippen molar-refractivity contribution in [3.8, 4) is 0 Å². The Morgan fingerprint density at radius 3 is 1.52 bits per heavy atom. The summed E-state index contributed by atoms with van der Waals surface area (Å²) in [6.07, 6.45) is -0.598. The van der Waals surface area contributed by atoms with E-state index in [0.29, 0.717) is 0 Å². The number of aliphatic carboxylic acids is 1. The Morgan fingerprint density at radius 2 is 1.11 bits per heavy atom. The number of alkyl carbamates (subject to hydrolysis) is 1. The lowest BCUT2D eigenvalue weighted by atomic mass is 9.84. The number of amides is 2. The molecule has 0 radical (unpaired) electrons. The Kier molecular flexibility index (Phi) is 10.8. The first-order valence-electron chi connectivity index (χ1n) is 14.5. The molecular formula is C36H38N2O5S. The van der Waals surface area contributed by atoms with Gasteiger partial charge in [-0.15, -0.1) is 11.8 Å². The third-order valence-electron chi connectivity index (χ3n) is 6.91. The second kappa shape index (κ2) is 14.8. The van der Waals surface area contributed by atoms with Gasteiger partial charge in [0.25, 0.3) is 0 Å². The summed E-state index contributed by atoms with van der Waals surface area (Å²) >= 11 is 1.44. The molecule has 0 fully saturated rings. The molecule has 0 unspecified atom stereocenters. The highest BCUT2D eigenvalue weighted by Crippen LogP contribution is 2.48. The van der Waals surface area contributed by atoms with Crippen LogP contribution in [0.2, 0.25) is 0 Å². The normalized spacial score (nSPS) is 12.9. The number of rotatable bonds is 12. The van der Waals surface area contributed by atoms with E-state index in [-0.39, 0.29) is 12.2 Å². The van der Waals surface area contributed by atoms with Crippen molar-refractivity contribution in [2.75, 3.05) is 5.75 Å². The molecule has 0 heterocycles. The number of nitrogens with one attached hydrogen (secondary N) is 2. The highest BCUT2D eigenvalue weighted by Gasteiger charge is 2.39. The molecule has 4 aromatic carbocycles. The lowest BCUT2D eigenvalue weighted by Crippen LogP contribution is -2.54. The van der Waals surface area contributed by atoms with Crippen molar-refractivity contribution in [2.45, 2.75) is 49.6 Å². The zero-order chi connectivity index (χ0) is 31.6. The summed E-state index contributed by atoms with van der Waals surface area (Å²) in [6.45, 7) is 5.19. The Hall–Kier alpha value is -4.56. The van der Waals surface area contributed by atoms with Crippen LogP contribution in [0.4, 0.5) is 4.79 Å². The van der Waals surface area contributed by atoms with E-state index >= 15 is 0 Å². The van der Waals surface area contributed by atoms with Crippen molar-refractivity contribution in [1.82, 2.24) is 10.6 Å². The maximum Gasteiger partial charge on any atom is 0.408 e. The Labute approximate surface area is 263 Å². The van der Waals surface area contributed by atoms with Crippen molar-refractivity contribution in [2.24, 2.45) is 0 Å². The van der Waals surface area contributed by atoms with Gasteiger partial charge in [0.05, 0.1) is 4.75 Å². The van der Waals surface area contributed by atoms with Crippen LogP contribution in [0.15, 0.2) is 121 Å². The molecule has 0 aliphatic rings. The van der Waals surface area contributed by atoms with E-state index in [1.165, 1.54) is 11.8 Å². The maximum atomic E-state index is 13.6. The van der Waals surface area contributed by atoms with Crippen LogP contribution in [0.5, 0.6) is 0 Å². The number of carbonyl (C=O) groups is 3. The third-order valence-corrected chi connectivity index (χ3v) is 8.55. The minimum atomic E-state index is -1.25. The largest absolute Gasteiger partial charge is 0.480 e. The summed E-state index contributed by atoms with van der Waals surface area (Å²) in [7, 11) is 0. The molecule has 3 N–H and O–H groups in total. The van der Waals surface area contributed by atoms with Crippen LogP contribution in [-0.2, 0) is 25.5 Å². The van der Waals surface area contributed by atoms with E-state index in [1.807, 2.05) is 121 Å². The molecule has 8 heteroatoms. The van der Waals surface area contributed by atoms with Crippen molar-refractivity contribution in [1.29, 1.82) is 0 Å². The molecule has 0 aromatic heterocycles. The number of hydrogen-bond donors (Lipinski definition) is 3. The SMILES string of the molecule is CC(C)(C)OC(=O)N[C@@H](Cc1ccccc1)C(=O)N[C@@H](CSC(c1ccccc1)(c1ccccc1)c1ccccc1)C(=O)O. The second-order valence-corrected chi connectivity index (χ2v) is 12.6. The molecule has 0 saturated carbocycles. The summed E-state index contributed by atoms with van der Waals surface area (Å²) in [6, 6.07) is 36.7. The van der Waals surface area contributed by atoms with Gasteiger partial charge in [-0.05, 0) is 43.0 Å². The molecule has 0 bridgehead atoms. The van der Waals surface area contributed by atoms with Gasteiger partial charge in [-0.2, -0.15) is 0 Å². The van der Waals surface area contributed by atoms with Gasteiger partial charge in [0.1, 0.15) is 17.7 Å². The summed E-state index contributed by atoms with van der Waals surface area (Å²) in [5.41, 5.74) is 2.97. The standard InChI is InChI=1S/C36H38N2O5S/c1-35(2,3)43-34(42)38-30(24-26-16-8-4-9-17-26)32(39)37-31(33(40)41)25-44-36(27-18-10-5-11-19-27,28-20-12-6-13-21-28)29-22-14-7-15-23-29/h4-23,30-31H,24-25H2,1-3H3,(H,37,39)(H,38,42)(H,40,41)/t30-,31-/m0/s1. The van der Waals surface area contributed by atoms with Gasteiger partial charge in [0.15, 0.2) is 0 Å². The summed E-state index contributed by atoms with van der Waals surface area (Å²) < 4.78 is 4.63. The number of carboxylic acid groups (broad SMARTS) is 1. The fourth-order valence-electron chi connectivity index (χ4n) is 4.93. The van der Waals surface area contributed by atoms with Crippen LogP contribution in [0.1, 0.15) is 43.0 Å². The quantitative estimate of drug-likeness (QED) is 0.160. The number of hydrogen-bond acceptors (Lipinski definition) is 5. The fraction of sp³-hybridized carbons (Fsp3) is 0.250. The van der Waals surface area contributed by atoms with Crippen molar-refractivity contribution in [3.05, 3.63) is 144 Å². The van der Waals surface area contributed by atoms with Gasteiger partial charge in [0.2, 0.25) is 5.91 Å². The van der Waals surface area contributed by atoms with Crippen molar-refractivity contribution < 1.29 is 24.2 Å². The predicted molar refractivity (Wildman–Crippen MR) is 175 cm³/mol. The van der Waals surface area contributed by atoms with Crippen LogP contribution in [0, 0.1) is 0 Å². The molecule has 0 saturated heterocycles. The molecule has 4 rings (SSSR count). The minimum Gasteiger partial charge on any atom is -0.480 e. The second-order valence-electron chi connectivity index (χ2n) is 11.4. The molecule has 228 valence electrons. The topological polar surface area (TPSA) is 105 Å². The maximum absolute atomic E-state index is 13.6. The summed E-state index contributed by atoms with van der Waals surface area (Å²) in [5, 5.41) is 15.6. The first-order valence-corrected chi connectivity index (χ1v) is 15.4. The highest BCUT2D eigenvalue weighted by atomic mass is 32.2. The zero-order valence-corrected chi connectivity index (χ0v) is 25.9. The first kappa shape index (κ1) is 32.4. The van der Waals surface area contributed by atoms with E-state index in [4.69, 9.17) is 4.74 Å². The van der Waals surface area contributed by atoms with Crippen molar-refractivity contribution in [3.63, 3.8) is 0 Å². The van der Waals surface area contributed by atoms with E-state index in [9.17, 15) is 19.5 Å². The predicted octanol–water partition coefficient (Wildman–Crippen LogP) is 6.42. The van der Waals surface area contributed by atoms with E-state index in [2.05, 4.69) is 10.6 Å². The minimum absolute atomic E-state index is 0.0459. The molecule has 0 aliphatic carbocycles. The highest BCUT2D eigenvalue weighted by molar-refractivity contribution is 8.00. The summed E-state index contributed by atoms with van der Waals surface area (Å²) in [4.78, 5) is 38.9. The van der Waals surface area contributed by atoms with Gasteiger partial charge in [-0.25, -0.2) is 9.59 Å². The molecule has 2 amide bonds. The van der Waals surface area contributed by atoms with Gasteiger partial charge in [-0.3, -0.25) is 4.79 Å². The van der Waals surface area contributed by atoms with Crippen LogP contribution in [0.3, 0.4) is 0 Å². The molecule has 4 aromatic rings. The van der Waals surface area contributed by atoms with E-state index in [0.717, 1.165) is 22.3 Å². The van der Waals surface area contributed by atoms with Crippen LogP contribution in [-0.4, -0.2) is 46.5 Å². The average molecular weight is 611 g/mol. The Morgan fingerprint density at radius 1 is 0.682 bits per heavy atom. The Bertz CT molecular complexity index is 1410. The monoisotopic (exact) mass is 610 g/mol. The zero-order valence-electron chi connectivity index (χ0n) is 25.1. The van der Waals surface area contributed by atoms with Gasteiger partial charge in [-0.1, -0.05) is 121 Å². The molecule has 7 nitrogen and oxygen atoms in total. The van der Waals surface area contributed by atoms with Crippen LogP contribution < -0.4 is 10.6 Å². The molecule has 44 heavy (non-hydrogen) atoms. The molecule has 2 atom stereocenters. The van der Waals surface area contributed by atoms with Gasteiger partial charge < -0.3 is 20.5 Å². The fourth-order valence-corrected chi connectivity index (χ4v) is 6.48. The van der Waals surface area contributed by atoms with Crippen LogP contribution >= 0.6 is 11.8 Å². The lowest BCUT2D eigenvalue weighted by molar-refractivity contribution is -0.141. The number of ether oxygens (including phenoxy) is 1. The van der Waals surface area contributed by atoms with E-state index < -0.39 is 40.4 Å². The lowest BCUT2D eigenvalue weighted by Gasteiger charge is -2.36. The Balaban J connectivity index is 1.64. The van der Waals surface area contributed by atoms with Gasteiger partial charge >= 0.3 is 12.1 Å². The van der Waals surface area contributed by atoms with Crippen LogP contribution in [0.25, 0.3) is 0 Å². The average Bonchev–Trinajstić information content (AvgIpc) is 3.01. The van der Waals surface area contributed by atoms with Crippen molar-refractivity contribution >= 4 is 29.7 Å². The van der Waals surface area contributed by atoms with E-state index in [1.54, 1.807) is 20.8 Å². The number of thioether (sulfide) groups is 1.